The Morgan fingerprint density at radius 3 is 2.48 bits per heavy atom. The van der Waals surface area contributed by atoms with Crippen LogP contribution in [0, 0.1) is 13.8 Å². The van der Waals surface area contributed by atoms with Crippen LogP contribution < -0.4 is 10.6 Å². The lowest BCUT2D eigenvalue weighted by Crippen LogP contribution is -2.27. The monoisotopic (exact) mass is 282 g/mol. The summed E-state index contributed by atoms with van der Waals surface area (Å²) in [6.07, 6.45) is 0. The number of rotatable bonds is 4. The largest absolute Gasteiger partial charge is 0.387 e. The Balaban J connectivity index is 2.19. The van der Waals surface area contributed by atoms with Crippen molar-refractivity contribution < 1.29 is 4.79 Å². The molecule has 0 aliphatic rings. The van der Waals surface area contributed by atoms with Crippen molar-refractivity contribution in [1.82, 2.24) is 5.32 Å². The molecule has 1 amide bonds. The van der Waals surface area contributed by atoms with Gasteiger partial charge in [-0.1, -0.05) is 35.9 Å². The molecule has 2 rings (SSSR count). The average molecular weight is 282 g/mol. The third-order valence-electron chi connectivity index (χ3n) is 3.68. The Morgan fingerprint density at radius 2 is 1.81 bits per heavy atom. The van der Waals surface area contributed by atoms with E-state index in [9.17, 15) is 4.79 Å². The second-order valence-electron chi connectivity index (χ2n) is 5.35. The summed E-state index contributed by atoms with van der Waals surface area (Å²) in [5.41, 5.74) is 5.08. The van der Waals surface area contributed by atoms with Crippen LogP contribution in [0.25, 0.3) is 0 Å². The number of carbonyl (C=O) groups is 1. The van der Waals surface area contributed by atoms with Gasteiger partial charge >= 0.3 is 0 Å². The van der Waals surface area contributed by atoms with E-state index in [1.54, 1.807) is 0 Å². The number of aryl methyl sites for hydroxylation is 2. The second kappa shape index (κ2) is 6.44. The van der Waals surface area contributed by atoms with Gasteiger partial charge in [-0.15, -0.1) is 0 Å². The minimum absolute atomic E-state index is 0.0250. The van der Waals surface area contributed by atoms with Crippen molar-refractivity contribution in [1.29, 1.82) is 0 Å². The van der Waals surface area contributed by atoms with E-state index < -0.39 is 0 Å². The molecule has 0 saturated carbocycles. The van der Waals surface area contributed by atoms with Crippen LogP contribution >= 0.6 is 0 Å². The summed E-state index contributed by atoms with van der Waals surface area (Å²) in [5, 5.41) is 6.12. The second-order valence-corrected chi connectivity index (χ2v) is 5.35. The minimum atomic E-state index is -0.0626. The van der Waals surface area contributed by atoms with Crippen molar-refractivity contribution in [3.05, 3.63) is 64.7 Å². The molecule has 2 aromatic carbocycles. The van der Waals surface area contributed by atoms with E-state index in [2.05, 4.69) is 42.7 Å². The molecule has 0 aliphatic heterocycles. The normalized spacial score (nSPS) is 11.8. The fourth-order valence-corrected chi connectivity index (χ4v) is 2.56. The highest BCUT2D eigenvalue weighted by Gasteiger charge is 2.15. The summed E-state index contributed by atoms with van der Waals surface area (Å²) in [5.74, 6) is -0.0626. The van der Waals surface area contributed by atoms with Gasteiger partial charge in [0.25, 0.3) is 5.91 Å². The van der Waals surface area contributed by atoms with Gasteiger partial charge in [-0.05, 0) is 44.0 Å². The molecule has 0 heterocycles. The molecule has 3 nitrogen and oxygen atoms in total. The van der Waals surface area contributed by atoms with Crippen LogP contribution in [-0.2, 0) is 0 Å². The highest BCUT2D eigenvalue weighted by Crippen LogP contribution is 2.20. The zero-order chi connectivity index (χ0) is 15.4. The Hall–Kier alpha value is -2.29. The van der Waals surface area contributed by atoms with Crippen LogP contribution in [0.3, 0.4) is 0 Å². The van der Waals surface area contributed by atoms with Crippen LogP contribution in [0.15, 0.2) is 42.5 Å². The van der Waals surface area contributed by atoms with Crippen LogP contribution in [0.5, 0.6) is 0 Å². The Kier molecular flexibility index (Phi) is 4.63. The molecule has 2 aromatic rings. The van der Waals surface area contributed by atoms with Crippen LogP contribution in [0.1, 0.15) is 40.0 Å². The molecule has 0 bridgehead atoms. The molecule has 110 valence electrons. The number of para-hydroxylation sites is 1. The van der Waals surface area contributed by atoms with Gasteiger partial charge in [0.05, 0.1) is 11.6 Å². The van der Waals surface area contributed by atoms with Crippen LogP contribution in [-0.4, -0.2) is 13.0 Å². The van der Waals surface area contributed by atoms with E-state index in [1.807, 2.05) is 38.2 Å². The van der Waals surface area contributed by atoms with Crippen molar-refractivity contribution in [2.45, 2.75) is 26.8 Å². The number of hydrogen-bond donors (Lipinski definition) is 2. The molecule has 0 radical (unpaired) electrons. The third kappa shape index (κ3) is 3.43. The summed E-state index contributed by atoms with van der Waals surface area (Å²) in [6, 6.07) is 13.8. The zero-order valence-electron chi connectivity index (χ0n) is 13.0. The summed E-state index contributed by atoms with van der Waals surface area (Å²) in [7, 11) is 1.82. The predicted octanol–water partition coefficient (Wildman–Crippen LogP) is 3.84. The molecule has 0 fully saturated rings. The number of carbonyl (C=O) groups excluding carboxylic acids is 1. The van der Waals surface area contributed by atoms with Gasteiger partial charge in [0.1, 0.15) is 0 Å². The SMILES string of the molecule is CNc1ccccc1C(=O)NC(C)c1ccc(C)cc1C. The molecule has 0 spiro atoms. The molecule has 0 saturated heterocycles. The van der Waals surface area contributed by atoms with Crippen molar-refractivity contribution in [2.24, 2.45) is 0 Å². The molecule has 1 atom stereocenters. The van der Waals surface area contributed by atoms with Crippen molar-refractivity contribution in [2.75, 3.05) is 12.4 Å². The molecule has 0 aliphatic carbocycles. The number of amides is 1. The van der Waals surface area contributed by atoms with E-state index in [4.69, 9.17) is 0 Å². The maximum Gasteiger partial charge on any atom is 0.253 e. The van der Waals surface area contributed by atoms with Crippen LogP contribution in [0.4, 0.5) is 5.69 Å². The average Bonchev–Trinajstić information content (AvgIpc) is 2.46. The predicted molar refractivity (Wildman–Crippen MR) is 87.8 cm³/mol. The molecular weight excluding hydrogens is 260 g/mol. The molecule has 1 unspecified atom stereocenters. The first-order valence-electron chi connectivity index (χ1n) is 7.17. The summed E-state index contributed by atoms with van der Waals surface area (Å²) in [6.45, 7) is 6.16. The number of benzene rings is 2. The highest BCUT2D eigenvalue weighted by atomic mass is 16.1. The third-order valence-corrected chi connectivity index (χ3v) is 3.68. The molecule has 0 aromatic heterocycles. The van der Waals surface area contributed by atoms with Gasteiger partial charge in [-0.2, -0.15) is 0 Å². The van der Waals surface area contributed by atoms with E-state index in [-0.39, 0.29) is 11.9 Å². The summed E-state index contributed by atoms with van der Waals surface area (Å²) < 4.78 is 0. The Labute approximate surface area is 126 Å². The first kappa shape index (κ1) is 15.1. The van der Waals surface area contributed by atoms with E-state index in [0.29, 0.717) is 5.56 Å². The fourth-order valence-electron chi connectivity index (χ4n) is 2.56. The van der Waals surface area contributed by atoms with E-state index in [1.165, 1.54) is 11.1 Å². The Bertz CT molecular complexity index is 649. The number of anilines is 1. The standard InChI is InChI=1S/C18H22N2O/c1-12-9-10-15(13(2)11-12)14(3)20-18(21)16-7-5-6-8-17(16)19-4/h5-11,14,19H,1-4H3,(H,20,21). The van der Waals surface area contributed by atoms with Crippen molar-refractivity contribution in [3.63, 3.8) is 0 Å². The fraction of sp³-hybridized carbons (Fsp3) is 0.278. The smallest absolute Gasteiger partial charge is 0.253 e. The molecule has 21 heavy (non-hydrogen) atoms. The van der Waals surface area contributed by atoms with Gasteiger partial charge in [0.15, 0.2) is 0 Å². The summed E-state index contributed by atoms with van der Waals surface area (Å²) >= 11 is 0. The first-order chi connectivity index (χ1) is 10.0. The molecule has 2 N–H and O–H groups in total. The van der Waals surface area contributed by atoms with Crippen molar-refractivity contribution >= 4 is 11.6 Å². The van der Waals surface area contributed by atoms with Crippen LogP contribution in [0.2, 0.25) is 0 Å². The quantitative estimate of drug-likeness (QED) is 0.894. The minimum Gasteiger partial charge on any atom is -0.387 e. The van der Waals surface area contributed by atoms with Gasteiger partial charge in [-0.25, -0.2) is 0 Å². The zero-order valence-corrected chi connectivity index (χ0v) is 13.0. The molecular formula is C18H22N2O. The lowest BCUT2D eigenvalue weighted by atomic mass is 10.00. The maximum absolute atomic E-state index is 12.4. The summed E-state index contributed by atoms with van der Waals surface area (Å²) in [4.78, 5) is 12.4. The number of nitrogens with one attached hydrogen (secondary N) is 2. The van der Waals surface area contributed by atoms with E-state index >= 15 is 0 Å². The molecule has 3 heteroatoms. The van der Waals surface area contributed by atoms with Gasteiger partial charge < -0.3 is 10.6 Å². The van der Waals surface area contributed by atoms with Gasteiger partial charge in [0.2, 0.25) is 0 Å². The lowest BCUT2D eigenvalue weighted by Gasteiger charge is -2.18. The van der Waals surface area contributed by atoms with Gasteiger partial charge in [0, 0.05) is 12.7 Å². The lowest BCUT2D eigenvalue weighted by molar-refractivity contribution is 0.0940. The van der Waals surface area contributed by atoms with Crippen molar-refractivity contribution in [3.8, 4) is 0 Å². The first-order valence-corrected chi connectivity index (χ1v) is 7.17. The topological polar surface area (TPSA) is 41.1 Å². The van der Waals surface area contributed by atoms with Gasteiger partial charge in [-0.3, -0.25) is 4.79 Å². The van der Waals surface area contributed by atoms with E-state index in [0.717, 1.165) is 11.3 Å². The Morgan fingerprint density at radius 1 is 1.10 bits per heavy atom. The maximum atomic E-state index is 12.4. The highest BCUT2D eigenvalue weighted by molar-refractivity contribution is 5.99. The number of hydrogen-bond acceptors (Lipinski definition) is 2.